The summed E-state index contributed by atoms with van der Waals surface area (Å²) < 4.78 is 22.8. The zero-order chi connectivity index (χ0) is 60.2. The summed E-state index contributed by atoms with van der Waals surface area (Å²) in [6, 6.07) is -0.932. The van der Waals surface area contributed by atoms with Crippen LogP contribution in [0, 0.1) is 0 Å². The highest BCUT2D eigenvalue weighted by Crippen LogP contribution is 2.30. The van der Waals surface area contributed by atoms with Crippen LogP contribution in [-0.4, -0.2) is 140 Å². The van der Waals surface area contributed by atoms with Crippen molar-refractivity contribution in [3.63, 3.8) is 0 Å². The molecule has 2 fully saturated rings. The van der Waals surface area contributed by atoms with Gasteiger partial charge in [0.2, 0.25) is 5.91 Å². The third kappa shape index (κ3) is 39.0. The van der Waals surface area contributed by atoms with Gasteiger partial charge < -0.3 is 65.1 Å². The largest absolute Gasteiger partial charge is 0.394 e. The number of hydrogen-bond donors (Lipinski definition) is 9. The molecule has 0 aliphatic carbocycles. The summed E-state index contributed by atoms with van der Waals surface area (Å²) in [6.07, 6.45) is 52.0. The van der Waals surface area contributed by atoms with Gasteiger partial charge in [-0.15, -0.1) is 0 Å². The van der Waals surface area contributed by atoms with E-state index in [2.05, 4.69) is 43.5 Å². The first-order chi connectivity index (χ1) is 40.6. The van der Waals surface area contributed by atoms with Crippen LogP contribution in [0.15, 0.2) is 36.5 Å². The minimum absolute atomic E-state index is 0.246. The third-order valence-electron chi connectivity index (χ3n) is 17.0. The molecule has 9 N–H and O–H groups in total. The Morgan fingerprint density at radius 2 is 0.771 bits per heavy atom. The lowest BCUT2D eigenvalue weighted by atomic mass is 9.97. The van der Waals surface area contributed by atoms with Gasteiger partial charge in [0.1, 0.15) is 48.8 Å². The van der Waals surface area contributed by atoms with E-state index in [1.165, 1.54) is 238 Å². The second-order valence-electron chi connectivity index (χ2n) is 24.6. The highest BCUT2D eigenvalue weighted by molar-refractivity contribution is 5.76. The van der Waals surface area contributed by atoms with E-state index in [0.29, 0.717) is 12.8 Å². The Bertz CT molecular complexity index is 1530. The topological polar surface area (TPSA) is 228 Å². The van der Waals surface area contributed by atoms with Crippen molar-refractivity contribution in [2.24, 2.45) is 0 Å². The van der Waals surface area contributed by atoms with Crippen LogP contribution in [-0.2, 0) is 23.7 Å². The molecule has 0 radical (unpaired) electrons. The van der Waals surface area contributed by atoms with Crippen LogP contribution >= 0.6 is 0 Å². The lowest BCUT2D eigenvalue weighted by Crippen LogP contribution is -2.65. The van der Waals surface area contributed by atoms with Crippen molar-refractivity contribution < 1.29 is 64.6 Å². The molecule has 2 aliphatic heterocycles. The van der Waals surface area contributed by atoms with Crippen molar-refractivity contribution in [3.8, 4) is 0 Å². The molecule has 2 heterocycles. The lowest BCUT2D eigenvalue weighted by molar-refractivity contribution is -0.359. The van der Waals surface area contributed by atoms with Gasteiger partial charge in [0.15, 0.2) is 12.6 Å². The molecule has 2 aliphatic rings. The first-order valence-corrected chi connectivity index (χ1v) is 34.7. The van der Waals surface area contributed by atoms with Gasteiger partial charge in [0.25, 0.3) is 0 Å². The fourth-order valence-corrected chi connectivity index (χ4v) is 11.5. The van der Waals surface area contributed by atoms with E-state index in [1.54, 1.807) is 6.08 Å². The fourth-order valence-electron chi connectivity index (χ4n) is 11.5. The van der Waals surface area contributed by atoms with E-state index in [-0.39, 0.29) is 18.9 Å². The Balaban J connectivity index is 1.71. The number of rotatable bonds is 57. The van der Waals surface area contributed by atoms with Crippen LogP contribution in [0.1, 0.15) is 303 Å². The zero-order valence-electron chi connectivity index (χ0n) is 53.0. The SMILES string of the molecule is CCCCCCCCCC/C=C\CCCCCCCCCCCCCC(=O)NC(COC1OC(CO)C(OC2OC(CO)C(O)C(O)C2O)C(O)C1O)C(O)/C=C/CC/C=C/CCCCCCCCCCCCCCCCCCCCCC. The summed E-state index contributed by atoms with van der Waals surface area (Å²) in [5, 5.41) is 87.4. The van der Waals surface area contributed by atoms with E-state index in [0.717, 1.165) is 32.1 Å². The first kappa shape index (κ1) is 77.3. The molecular weight excluding hydrogens is 1050 g/mol. The monoisotopic (exact) mass is 1180 g/mol. The van der Waals surface area contributed by atoms with Gasteiger partial charge in [-0.05, 0) is 57.8 Å². The van der Waals surface area contributed by atoms with Gasteiger partial charge in [-0.25, -0.2) is 0 Å². The summed E-state index contributed by atoms with van der Waals surface area (Å²) in [5.74, 6) is -0.246. The van der Waals surface area contributed by atoms with Crippen LogP contribution in [0.4, 0.5) is 0 Å². The van der Waals surface area contributed by atoms with Gasteiger partial charge in [-0.1, -0.05) is 275 Å². The molecule has 0 aromatic carbocycles. The molecule has 14 nitrogen and oxygen atoms in total. The average molecular weight is 1180 g/mol. The Kier molecular flexibility index (Phi) is 50.6. The molecule has 0 bridgehead atoms. The van der Waals surface area contributed by atoms with Gasteiger partial charge in [-0.3, -0.25) is 4.79 Å². The summed E-state index contributed by atoms with van der Waals surface area (Å²) in [5.41, 5.74) is 0. The molecule has 0 spiro atoms. The number of hydrogen-bond acceptors (Lipinski definition) is 13. The molecule has 14 heteroatoms. The van der Waals surface area contributed by atoms with Crippen molar-refractivity contribution in [2.45, 2.75) is 376 Å². The maximum Gasteiger partial charge on any atom is 0.220 e. The number of nitrogens with one attached hydrogen (secondary N) is 1. The predicted molar refractivity (Wildman–Crippen MR) is 337 cm³/mol. The second kappa shape index (κ2) is 54.4. The zero-order valence-corrected chi connectivity index (χ0v) is 53.0. The summed E-state index contributed by atoms with van der Waals surface area (Å²) >= 11 is 0. The molecule has 12 atom stereocenters. The molecular formula is C69H129NO13. The molecule has 12 unspecified atom stereocenters. The number of ether oxygens (including phenoxy) is 4. The maximum absolute atomic E-state index is 13.3. The van der Waals surface area contributed by atoms with Crippen LogP contribution in [0.3, 0.4) is 0 Å². The van der Waals surface area contributed by atoms with E-state index in [4.69, 9.17) is 18.9 Å². The first-order valence-electron chi connectivity index (χ1n) is 34.7. The summed E-state index contributed by atoms with van der Waals surface area (Å²) in [6.45, 7) is 2.82. The fraction of sp³-hybridized carbons (Fsp3) is 0.899. The molecule has 0 saturated carbocycles. The van der Waals surface area contributed by atoms with Crippen molar-refractivity contribution >= 4 is 5.91 Å². The molecule has 0 aromatic rings. The van der Waals surface area contributed by atoms with Gasteiger partial charge in [0.05, 0.1) is 32.0 Å². The van der Waals surface area contributed by atoms with E-state index in [1.807, 2.05) is 6.08 Å². The normalized spacial score (nSPS) is 24.0. The van der Waals surface area contributed by atoms with Crippen LogP contribution < -0.4 is 5.32 Å². The molecule has 1 amide bonds. The number of aliphatic hydroxyl groups is 8. The van der Waals surface area contributed by atoms with Crippen molar-refractivity contribution in [2.75, 3.05) is 19.8 Å². The molecule has 2 rings (SSSR count). The molecule has 2 saturated heterocycles. The Hall–Kier alpha value is -1.79. The van der Waals surface area contributed by atoms with Crippen molar-refractivity contribution in [1.82, 2.24) is 5.32 Å². The number of amides is 1. The standard InChI is InChI=1S/C69H129NO13/c1-3-5-7-9-11-13-15-17-19-21-23-25-27-28-29-31-32-34-36-38-40-42-44-46-48-50-52-58(73)57(56-80-68-66(79)64(77)67(60(55-72)82-68)83-69-65(78)63(76)62(75)59(54-71)81-69)70-61(74)53-51-49-47-45-43-41-39-37-35-33-30-26-24-22-20-18-16-14-12-10-8-6-4-2/h22,24,42,44,50,52,57-60,62-69,71-73,75-79H,3-21,23,25-41,43,45-49,51,53-56H2,1-2H3,(H,70,74)/b24-22-,44-42+,52-50+. The third-order valence-corrected chi connectivity index (χ3v) is 17.0. The smallest absolute Gasteiger partial charge is 0.220 e. The summed E-state index contributed by atoms with van der Waals surface area (Å²) in [7, 11) is 0. The van der Waals surface area contributed by atoms with Gasteiger partial charge in [0, 0.05) is 6.42 Å². The van der Waals surface area contributed by atoms with E-state index < -0.39 is 86.8 Å². The highest BCUT2D eigenvalue weighted by atomic mass is 16.7. The van der Waals surface area contributed by atoms with Crippen LogP contribution in [0.2, 0.25) is 0 Å². The number of allylic oxidation sites excluding steroid dienone is 5. The summed E-state index contributed by atoms with van der Waals surface area (Å²) in [4.78, 5) is 13.3. The second-order valence-corrected chi connectivity index (χ2v) is 24.6. The molecule has 0 aromatic heterocycles. The number of carbonyl (C=O) groups excluding carboxylic acids is 1. The minimum atomic E-state index is -1.79. The number of unbranched alkanes of at least 4 members (excludes halogenated alkanes) is 40. The van der Waals surface area contributed by atoms with Crippen LogP contribution in [0.5, 0.6) is 0 Å². The quantitative estimate of drug-likeness (QED) is 0.0204. The van der Waals surface area contributed by atoms with Crippen LogP contribution in [0.25, 0.3) is 0 Å². The Morgan fingerprint density at radius 1 is 0.422 bits per heavy atom. The van der Waals surface area contributed by atoms with E-state index in [9.17, 15) is 45.6 Å². The highest BCUT2D eigenvalue weighted by Gasteiger charge is 2.51. The number of aliphatic hydroxyl groups excluding tert-OH is 8. The molecule has 83 heavy (non-hydrogen) atoms. The minimum Gasteiger partial charge on any atom is -0.394 e. The van der Waals surface area contributed by atoms with Gasteiger partial charge >= 0.3 is 0 Å². The lowest BCUT2D eigenvalue weighted by Gasteiger charge is -2.46. The Morgan fingerprint density at radius 3 is 1.18 bits per heavy atom. The number of carbonyl (C=O) groups is 1. The average Bonchev–Trinajstić information content (AvgIpc) is 3.64. The predicted octanol–water partition coefficient (Wildman–Crippen LogP) is 13.7. The Labute approximate surface area is 506 Å². The van der Waals surface area contributed by atoms with Gasteiger partial charge in [-0.2, -0.15) is 0 Å². The van der Waals surface area contributed by atoms with Crippen molar-refractivity contribution in [1.29, 1.82) is 0 Å². The van der Waals surface area contributed by atoms with E-state index >= 15 is 0 Å². The maximum atomic E-state index is 13.3. The molecule has 488 valence electrons. The van der Waals surface area contributed by atoms with Crippen molar-refractivity contribution in [3.05, 3.63) is 36.5 Å².